The van der Waals surface area contributed by atoms with Gasteiger partial charge in [0.2, 0.25) is 0 Å². The van der Waals surface area contributed by atoms with Crippen LogP contribution < -0.4 is 0 Å². The molecule has 1 aromatic heterocycles. The molecule has 0 bridgehead atoms. The second-order valence-electron chi connectivity index (χ2n) is 3.34. The average Bonchev–Trinajstić information content (AvgIpc) is 2.54. The summed E-state index contributed by atoms with van der Waals surface area (Å²) in [5, 5.41) is 0. The lowest BCUT2D eigenvalue weighted by Crippen LogP contribution is -2.24. The highest BCUT2D eigenvalue weighted by molar-refractivity contribution is 5.97. The van der Waals surface area contributed by atoms with E-state index in [-0.39, 0.29) is 5.91 Å². The van der Waals surface area contributed by atoms with Crippen molar-refractivity contribution >= 4 is 5.91 Å². The molecule has 72 valence electrons. The fourth-order valence-electron chi connectivity index (χ4n) is 1.63. The predicted molar refractivity (Wildman–Crippen MR) is 53.8 cm³/mol. The third-order valence-electron chi connectivity index (χ3n) is 2.39. The molecule has 3 nitrogen and oxygen atoms in total. The summed E-state index contributed by atoms with van der Waals surface area (Å²) >= 11 is 0. The van der Waals surface area contributed by atoms with Gasteiger partial charge in [-0.1, -0.05) is 6.08 Å². The lowest BCUT2D eigenvalue weighted by molar-refractivity contribution is 0.0781. The van der Waals surface area contributed by atoms with Crippen molar-refractivity contribution in [3.63, 3.8) is 0 Å². The van der Waals surface area contributed by atoms with Gasteiger partial charge in [0.15, 0.2) is 0 Å². The Balaban J connectivity index is 2.17. The molecule has 14 heavy (non-hydrogen) atoms. The number of pyridine rings is 1. The lowest BCUT2D eigenvalue weighted by atomic mass is 10.2. The normalized spacial score (nSPS) is 14.3. The fraction of sp³-hybridized carbons (Fsp3) is 0.273. The molecule has 2 rings (SSSR count). The molecule has 1 amide bonds. The molecule has 0 saturated heterocycles. The minimum Gasteiger partial charge on any atom is -0.334 e. The van der Waals surface area contributed by atoms with E-state index in [0.29, 0.717) is 6.54 Å². The molecule has 3 heteroatoms. The number of aromatic nitrogens is 1. The second-order valence-corrected chi connectivity index (χ2v) is 3.34. The molecule has 0 unspecified atom stereocenters. The molecule has 0 radical (unpaired) electrons. The summed E-state index contributed by atoms with van der Waals surface area (Å²) in [6.07, 6.45) is 6.04. The number of nitrogens with zero attached hydrogens (tertiary/aromatic N) is 2. The van der Waals surface area contributed by atoms with Gasteiger partial charge in [-0.25, -0.2) is 0 Å². The number of amides is 1. The van der Waals surface area contributed by atoms with Crippen LogP contribution in [-0.2, 0) is 6.54 Å². The summed E-state index contributed by atoms with van der Waals surface area (Å²) in [6, 6.07) is 1.90. The standard InChI is InChI=1S/C11H12N2O/c1-2-3-6-13-8-9-4-5-12-7-10(9)11(13)14/h2,4-5,7H,1,3,6,8H2. The van der Waals surface area contributed by atoms with Crippen LogP contribution in [0.4, 0.5) is 0 Å². The highest BCUT2D eigenvalue weighted by atomic mass is 16.2. The van der Waals surface area contributed by atoms with Crippen LogP contribution in [-0.4, -0.2) is 22.3 Å². The number of rotatable bonds is 3. The van der Waals surface area contributed by atoms with Gasteiger partial charge in [-0.2, -0.15) is 0 Å². The topological polar surface area (TPSA) is 33.2 Å². The Morgan fingerprint density at radius 2 is 2.50 bits per heavy atom. The van der Waals surface area contributed by atoms with Crippen LogP contribution in [0.15, 0.2) is 31.1 Å². The zero-order chi connectivity index (χ0) is 9.97. The Bertz CT molecular complexity index is 373. The van der Waals surface area contributed by atoms with Crippen molar-refractivity contribution in [3.8, 4) is 0 Å². The number of hydrogen-bond acceptors (Lipinski definition) is 2. The van der Waals surface area contributed by atoms with E-state index in [0.717, 1.165) is 24.1 Å². The summed E-state index contributed by atoms with van der Waals surface area (Å²) in [6.45, 7) is 5.11. The summed E-state index contributed by atoms with van der Waals surface area (Å²) < 4.78 is 0. The Morgan fingerprint density at radius 1 is 1.64 bits per heavy atom. The van der Waals surface area contributed by atoms with Gasteiger partial charge in [0.25, 0.3) is 5.91 Å². The van der Waals surface area contributed by atoms with Crippen molar-refractivity contribution in [1.29, 1.82) is 0 Å². The van der Waals surface area contributed by atoms with Crippen LogP contribution in [0.1, 0.15) is 22.3 Å². The van der Waals surface area contributed by atoms with E-state index in [2.05, 4.69) is 11.6 Å². The Kier molecular flexibility index (Phi) is 2.31. The molecule has 0 atom stereocenters. The molecule has 0 aromatic carbocycles. The van der Waals surface area contributed by atoms with Crippen molar-refractivity contribution in [2.45, 2.75) is 13.0 Å². The Labute approximate surface area is 83.1 Å². The SMILES string of the molecule is C=CCCN1Cc2ccncc2C1=O. The zero-order valence-electron chi connectivity index (χ0n) is 7.94. The van der Waals surface area contributed by atoms with Crippen molar-refractivity contribution in [1.82, 2.24) is 9.88 Å². The molecular formula is C11H12N2O. The summed E-state index contributed by atoms with van der Waals surface area (Å²) in [5.41, 5.74) is 1.82. The first kappa shape index (κ1) is 8.94. The smallest absolute Gasteiger partial charge is 0.256 e. The average molecular weight is 188 g/mol. The van der Waals surface area contributed by atoms with Crippen LogP contribution >= 0.6 is 0 Å². The number of hydrogen-bond donors (Lipinski definition) is 0. The van der Waals surface area contributed by atoms with E-state index in [9.17, 15) is 4.79 Å². The molecule has 1 aromatic rings. The van der Waals surface area contributed by atoms with Gasteiger partial charge in [0.1, 0.15) is 0 Å². The molecular weight excluding hydrogens is 176 g/mol. The highest BCUT2D eigenvalue weighted by Crippen LogP contribution is 2.21. The van der Waals surface area contributed by atoms with E-state index >= 15 is 0 Å². The molecule has 0 aliphatic carbocycles. The Morgan fingerprint density at radius 3 is 3.21 bits per heavy atom. The maximum absolute atomic E-state index is 11.8. The zero-order valence-corrected chi connectivity index (χ0v) is 7.94. The first-order chi connectivity index (χ1) is 6.83. The number of carbonyl (C=O) groups excluding carboxylic acids is 1. The van der Waals surface area contributed by atoms with Gasteiger partial charge in [-0.15, -0.1) is 6.58 Å². The molecule has 0 fully saturated rings. The van der Waals surface area contributed by atoms with Gasteiger partial charge < -0.3 is 4.90 Å². The third kappa shape index (κ3) is 1.41. The van der Waals surface area contributed by atoms with E-state index in [1.807, 2.05) is 17.0 Å². The molecule has 0 N–H and O–H groups in total. The minimum absolute atomic E-state index is 0.0925. The second kappa shape index (κ2) is 3.62. The van der Waals surface area contributed by atoms with Crippen LogP contribution in [0.3, 0.4) is 0 Å². The third-order valence-corrected chi connectivity index (χ3v) is 2.39. The largest absolute Gasteiger partial charge is 0.334 e. The molecule has 1 aliphatic heterocycles. The van der Waals surface area contributed by atoms with Crippen molar-refractivity contribution in [2.24, 2.45) is 0 Å². The van der Waals surface area contributed by atoms with Crippen molar-refractivity contribution < 1.29 is 4.79 Å². The van der Waals surface area contributed by atoms with E-state index in [1.54, 1.807) is 12.4 Å². The predicted octanol–water partition coefficient (Wildman–Crippen LogP) is 1.61. The van der Waals surface area contributed by atoms with Crippen LogP contribution in [0.25, 0.3) is 0 Å². The summed E-state index contributed by atoms with van der Waals surface area (Å²) in [5.74, 6) is 0.0925. The summed E-state index contributed by atoms with van der Waals surface area (Å²) in [7, 11) is 0. The number of fused-ring (bicyclic) bond motifs is 1. The molecule has 0 saturated carbocycles. The number of carbonyl (C=O) groups is 1. The lowest BCUT2D eigenvalue weighted by Gasteiger charge is -2.13. The van der Waals surface area contributed by atoms with Gasteiger partial charge in [-0.05, 0) is 18.1 Å². The molecule has 2 heterocycles. The van der Waals surface area contributed by atoms with E-state index in [4.69, 9.17) is 0 Å². The van der Waals surface area contributed by atoms with E-state index in [1.165, 1.54) is 0 Å². The van der Waals surface area contributed by atoms with Crippen LogP contribution in [0.2, 0.25) is 0 Å². The van der Waals surface area contributed by atoms with Gasteiger partial charge >= 0.3 is 0 Å². The first-order valence-electron chi connectivity index (χ1n) is 4.66. The maximum atomic E-state index is 11.8. The summed E-state index contributed by atoms with van der Waals surface area (Å²) in [4.78, 5) is 17.5. The first-order valence-corrected chi connectivity index (χ1v) is 4.66. The van der Waals surface area contributed by atoms with Crippen LogP contribution in [0, 0.1) is 0 Å². The van der Waals surface area contributed by atoms with Gasteiger partial charge in [0, 0.05) is 25.5 Å². The maximum Gasteiger partial charge on any atom is 0.256 e. The quantitative estimate of drug-likeness (QED) is 0.675. The minimum atomic E-state index is 0.0925. The van der Waals surface area contributed by atoms with Gasteiger partial charge in [-0.3, -0.25) is 9.78 Å². The van der Waals surface area contributed by atoms with Crippen molar-refractivity contribution in [2.75, 3.05) is 6.54 Å². The highest BCUT2D eigenvalue weighted by Gasteiger charge is 2.26. The van der Waals surface area contributed by atoms with Crippen LogP contribution in [0.5, 0.6) is 0 Å². The Hall–Kier alpha value is -1.64. The van der Waals surface area contributed by atoms with Crippen molar-refractivity contribution in [3.05, 3.63) is 42.2 Å². The van der Waals surface area contributed by atoms with Gasteiger partial charge in [0.05, 0.1) is 5.56 Å². The molecule has 0 spiro atoms. The molecule has 1 aliphatic rings. The van der Waals surface area contributed by atoms with E-state index < -0.39 is 0 Å². The fourth-order valence-corrected chi connectivity index (χ4v) is 1.63. The monoisotopic (exact) mass is 188 g/mol.